The second-order valence-electron chi connectivity index (χ2n) is 7.78. The molecule has 35 heavy (non-hydrogen) atoms. The number of sulfonamides is 1. The highest BCUT2D eigenvalue weighted by Crippen LogP contribution is 2.36. The largest absolute Gasteiger partial charge is 0.454 e. The summed E-state index contributed by atoms with van der Waals surface area (Å²) in [5.74, 6) is 0.532. The van der Waals surface area contributed by atoms with E-state index < -0.39 is 22.5 Å². The zero-order chi connectivity index (χ0) is 25.2. The van der Waals surface area contributed by atoms with E-state index in [4.69, 9.17) is 21.1 Å². The van der Waals surface area contributed by atoms with Crippen LogP contribution < -0.4 is 19.2 Å². The maximum absolute atomic E-state index is 13.5. The van der Waals surface area contributed by atoms with Crippen molar-refractivity contribution in [1.29, 1.82) is 0 Å². The molecule has 0 radical (unpaired) electrons. The predicted molar refractivity (Wildman–Crippen MR) is 138 cm³/mol. The molecule has 0 aliphatic carbocycles. The van der Waals surface area contributed by atoms with Crippen molar-refractivity contribution in [2.45, 2.75) is 18.7 Å². The van der Waals surface area contributed by atoms with E-state index in [-0.39, 0.29) is 17.4 Å². The highest BCUT2D eigenvalue weighted by Gasteiger charge is 2.27. The number of rotatable bonds is 7. The van der Waals surface area contributed by atoms with Crippen LogP contribution in [0.4, 0.5) is 5.69 Å². The van der Waals surface area contributed by atoms with Crippen LogP contribution in [0.2, 0.25) is 5.02 Å². The molecule has 1 aliphatic heterocycles. The van der Waals surface area contributed by atoms with Gasteiger partial charge < -0.3 is 9.47 Å². The molecule has 182 valence electrons. The Hall–Kier alpha value is -3.08. The highest BCUT2D eigenvalue weighted by atomic mass is 79.9. The molecule has 0 saturated carbocycles. The molecule has 3 aromatic rings. The van der Waals surface area contributed by atoms with Gasteiger partial charge in [-0.15, -0.1) is 0 Å². The van der Waals surface area contributed by atoms with Crippen LogP contribution in [0.5, 0.6) is 11.5 Å². The molecule has 0 saturated heterocycles. The van der Waals surface area contributed by atoms with Crippen LogP contribution in [0.3, 0.4) is 0 Å². The van der Waals surface area contributed by atoms with Crippen molar-refractivity contribution in [2.75, 3.05) is 17.6 Å². The Balaban J connectivity index is 1.57. The molecular weight excluding hydrogens is 558 g/mol. The highest BCUT2D eigenvalue weighted by molar-refractivity contribution is 9.10. The average molecular weight is 579 g/mol. The first-order valence-corrected chi connectivity index (χ1v) is 13.0. The molecule has 0 aromatic heterocycles. The van der Waals surface area contributed by atoms with Crippen LogP contribution in [0, 0.1) is 13.8 Å². The molecule has 3 aromatic carbocycles. The summed E-state index contributed by atoms with van der Waals surface area (Å²) in [5.41, 5.74) is 4.99. The van der Waals surface area contributed by atoms with Gasteiger partial charge in [0.1, 0.15) is 6.54 Å². The molecular formula is C24H21BrClN3O5S. The van der Waals surface area contributed by atoms with Gasteiger partial charge in [-0.1, -0.05) is 35.4 Å². The fourth-order valence-corrected chi connectivity index (χ4v) is 5.27. The molecule has 1 heterocycles. The van der Waals surface area contributed by atoms with Crippen LogP contribution in [0.1, 0.15) is 16.7 Å². The number of hydrazone groups is 1. The zero-order valence-corrected chi connectivity index (χ0v) is 21.9. The number of hydrogen-bond donors (Lipinski definition) is 1. The summed E-state index contributed by atoms with van der Waals surface area (Å²) in [5, 5.41) is 4.36. The Bertz CT molecular complexity index is 1410. The van der Waals surface area contributed by atoms with Crippen LogP contribution in [0.15, 0.2) is 69.1 Å². The molecule has 0 bridgehead atoms. The lowest BCUT2D eigenvalue weighted by Crippen LogP contribution is -2.39. The number of nitrogens with one attached hydrogen (secondary N) is 1. The molecule has 1 N–H and O–H groups in total. The summed E-state index contributed by atoms with van der Waals surface area (Å²) >= 11 is 9.67. The van der Waals surface area contributed by atoms with E-state index in [0.717, 1.165) is 15.4 Å². The lowest BCUT2D eigenvalue weighted by molar-refractivity contribution is -0.119. The van der Waals surface area contributed by atoms with Crippen molar-refractivity contribution < 1.29 is 22.7 Å². The Kier molecular flexibility index (Phi) is 7.34. The first-order chi connectivity index (χ1) is 16.6. The van der Waals surface area contributed by atoms with Crippen LogP contribution in [0.25, 0.3) is 0 Å². The van der Waals surface area contributed by atoms with Gasteiger partial charge >= 0.3 is 0 Å². The average Bonchev–Trinajstić information content (AvgIpc) is 3.27. The van der Waals surface area contributed by atoms with Gasteiger partial charge in [0.15, 0.2) is 11.5 Å². The maximum Gasteiger partial charge on any atom is 0.264 e. The van der Waals surface area contributed by atoms with Gasteiger partial charge in [0.25, 0.3) is 15.9 Å². The molecule has 11 heteroatoms. The van der Waals surface area contributed by atoms with Crippen molar-refractivity contribution in [2.24, 2.45) is 5.10 Å². The molecule has 1 aliphatic rings. The topological polar surface area (TPSA) is 97.3 Å². The number of aryl methyl sites for hydroxylation is 2. The van der Waals surface area contributed by atoms with E-state index in [0.29, 0.717) is 26.6 Å². The third-order valence-corrected chi connectivity index (χ3v) is 8.11. The Morgan fingerprint density at radius 3 is 2.49 bits per heavy atom. The van der Waals surface area contributed by atoms with Gasteiger partial charge in [0.2, 0.25) is 6.79 Å². The van der Waals surface area contributed by atoms with Gasteiger partial charge in [0, 0.05) is 15.1 Å². The second-order valence-corrected chi connectivity index (χ2v) is 10.9. The maximum atomic E-state index is 13.5. The number of ether oxygens (including phenoxy) is 2. The van der Waals surface area contributed by atoms with E-state index in [9.17, 15) is 13.2 Å². The summed E-state index contributed by atoms with van der Waals surface area (Å²) < 4.78 is 39.3. The smallest absolute Gasteiger partial charge is 0.264 e. The minimum Gasteiger partial charge on any atom is -0.454 e. The number of anilines is 1. The number of hydrogen-bond acceptors (Lipinski definition) is 6. The Morgan fingerprint density at radius 1 is 1.11 bits per heavy atom. The Labute approximate surface area is 216 Å². The van der Waals surface area contributed by atoms with E-state index >= 15 is 0 Å². The minimum atomic E-state index is -4.06. The monoisotopic (exact) mass is 577 g/mol. The summed E-state index contributed by atoms with van der Waals surface area (Å²) in [6.07, 6.45) is 1.42. The molecule has 1 amide bonds. The molecule has 0 spiro atoms. The number of carbonyl (C=O) groups excluding carboxylic acids is 1. The van der Waals surface area contributed by atoms with Gasteiger partial charge in [0.05, 0.1) is 16.8 Å². The number of nitrogens with zero attached hydrogens (tertiary/aromatic N) is 2. The molecule has 0 unspecified atom stereocenters. The minimum absolute atomic E-state index is 0.0559. The first-order valence-electron chi connectivity index (χ1n) is 10.4. The number of fused-ring (bicyclic) bond motifs is 1. The van der Waals surface area contributed by atoms with Crippen molar-refractivity contribution in [3.8, 4) is 11.5 Å². The van der Waals surface area contributed by atoms with Crippen LogP contribution in [-0.2, 0) is 14.8 Å². The molecule has 4 rings (SSSR count). The van der Waals surface area contributed by atoms with E-state index in [1.165, 1.54) is 24.4 Å². The fourth-order valence-electron chi connectivity index (χ4n) is 3.26. The third-order valence-electron chi connectivity index (χ3n) is 5.22. The first kappa shape index (κ1) is 25.0. The summed E-state index contributed by atoms with van der Waals surface area (Å²) in [4.78, 5) is 12.8. The van der Waals surface area contributed by atoms with E-state index in [1.807, 2.05) is 6.92 Å². The van der Waals surface area contributed by atoms with E-state index in [1.54, 1.807) is 43.3 Å². The molecule has 0 fully saturated rings. The number of carbonyl (C=O) groups is 1. The number of benzene rings is 3. The second kappa shape index (κ2) is 10.3. The summed E-state index contributed by atoms with van der Waals surface area (Å²) in [6, 6.07) is 14.7. The van der Waals surface area contributed by atoms with Gasteiger partial charge in [-0.3, -0.25) is 9.10 Å². The van der Waals surface area contributed by atoms with E-state index in [2.05, 4.69) is 26.5 Å². The number of halogens is 2. The quantitative estimate of drug-likeness (QED) is 0.321. The van der Waals surface area contributed by atoms with Gasteiger partial charge in [-0.2, -0.15) is 5.10 Å². The summed E-state index contributed by atoms with van der Waals surface area (Å²) in [6.45, 7) is 3.29. The fraction of sp³-hybridized carbons (Fsp3) is 0.167. The Morgan fingerprint density at radius 2 is 1.80 bits per heavy atom. The van der Waals surface area contributed by atoms with Crippen molar-refractivity contribution in [1.82, 2.24) is 5.43 Å². The van der Waals surface area contributed by atoms with Crippen LogP contribution in [-0.4, -0.2) is 33.9 Å². The predicted octanol–water partition coefficient (Wildman–Crippen LogP) is 4.79. The SMILES string of the molecule is Cc1ccc(S(=O)(=O)N(CC(=O)N/N=C\c2cc3c(cc2Br)OCO3)c2ccc(C)c(Cl)c2)cc1. The summed E-state index contributed by atoms with van der Waals surface area (Å²) in [7, 11) is -4.06. The third kappa shape index (κ3) is 5.61. The van der Waals surface area contributed by atoms with Crippen molar-refractivity contribution >= 4 is 55.4 Å². The molecule has 0 atom stereocenters. The van der Waals surface area contributed by atoms with Crippen molar-refractivity contribution in [3.05, 3.63) is 80.8 Å². The van der Waals surface area contributed by atoms with Crippen molar-refractivity contribution in [3.63, 3.8) is 0 Å². The normalized spacial score (nSPS) is 12.7. The lowest BCUT2D eigenvalue weighted by Gasteiger charge is -2.24. The zero-order valence-electron chi connectivity index (χ0n) is 18.8. The molecule has 8 nitrogen and oxygen atoms in total. The van der Waals surface area contributed by atoms with Gasteiger partial charge in [-0.25, -0.2) is 13.8 Å². The van der Waals surface area contributed by atoms with Gasteiger partial charge in [-0.05, 0) is 71.7 Å². The van der Waals surface area contributed by atoms with Crippen LogP contribution >= 0.6 is 27.5 Å². The lowest BCUT2D eigenvalue weighted by atomic mass is 10.2. The number of amides is 1. The standard InChI is InChI=1S/C24H21BrClN3O5S/c1-15-3-7-19(8-4-15)35(31,32)29(18-6-5-16(2)21(26)10-18)13-24(30)28-27-12-17-9-22-23(11-20(17)25)34-14-33-22/h3-12H,13-14H2,1-2H3,(H,28,30)/b27-12-.